The van der Waals surface area contributed by atoms with Crippen LogP contribution in [-0.4, -0.2) is 10.7 Å². The van der Waals surface area contributed by atoms with E-state index in [-0.39, 0.29) is 21.9 Å². The summed E-state index contributed by atoms with van der Waals surface area (Å²) in [6.45, 7) is -2.25. The molecule has 1 aromatic carbocycles. The van der Waals surface area contributed by atoms with E-state index >= 15 is 0 Å². The highest BCUT2D eigenvalue weighted by molar-refractivity contribution is 6.38. The van der Waals surface area contributed by atoms with Crippen molar-refractivity contribution in [1.29, 1.82) is 0 Å². The van der Waals surface area contributed by atoms with Gasteiger partial charge < -0.3 is 10.3 Å². The number of halogens is 5. The van der Waals surface area contributed by atoms with Crippen LogP contribution in [0.5, 0.6) is 0 Å². The van der Waals surface area contributed by atoms with Crippen LogP contribution in [0.3, 0.4) is 0 Å². The lowest BCUT2D eigenvalue weighted by Gasteiger charge is -2.12. The summed E-state index contributed by atoms with van der Waals surface area (Å²) in [5.74, 6) is 0. The fraction of sp³-hybridized carbons (Fsp3) is 0.273. The minimum atomic E-state index is -4.43. The van der Waals surface area contributed by atoms with Gasteiger partial charge in [-0.1, -0.05) is 11.6 Å². The molecule has 0 unspecified atom stereocenters. The van der Waals surface area contributed by atoms with Gasteiger partial charge in [-0.3, -0.25) is 0 Å². The van der Waals surface area contributed by atoms with Crippen LogP contribution in [0.25, 0.3) is 10.9 Å². The molecule has 2 N–H and O–H groups in total. The first-order valence-corrected chi connectivity index (χ1v) is 5.40. The summed E-state index contributed by atoms with van der Waals surface area (Å²) in [4.78, 5) is 0. The molecule has 0 saturated heterocycles. The average molecular weight is 281 g/mol. The highest BCUT2D eigenvalue weighted by Gasteiger charge is 2.30. The summed E-state index contributed by atoms with van der Waals surface area (Å²) in [7, 11) is 0. The van der Waals surface area contributed by atoms with Crippen molar-refractivity contribution in [2.24, 2.45) is 0 Å². The van der Waals surface area contributed by atoms with Crippen LogP contribution in [-0.2, 0) is 13.2 Å². The summed E-state index contributed by atoms with van der Waals surface area (Å²) >= 11 is 5.90. The molecule has 0 spiro atoms. The van der Waals surface area contributed by atoms with Gasteiger partial charge in [-0.15, -0.1) is 0 Å². The first-order chi connectivity index (χ1) is 8.33. The third kappa shape index (κ3) is 2.25. The van der Waals surface area contributed by atoms with Crippen molar-refractivity contribution in [3.63, 3.8) is 0 Å². The monoisotopic (exact) mass is 280 g/mol. The molecule has 0 fully saturated rings. The van der Waals surface area contributed by atoms with E-state index in [0.29, 0.717) is 5.39 Å². The van der Waals surface area contributed by atoms with Crippen LogP contribution in [0, 0.1) is 0 Å². The van der Waals surface area contributed by atoms with Gasteiger partial charge in [0.25, 0.3) is 0 Å². The quantitative estimate of drug-likeness (QED) is 0.656. The number of fused-ring (bicyclic) bond motifs is 1. The van der Waals surface area contributed by atoms with E-state index in [1.165, 1.54) is 18.2 Å². The lowest BCUT2D eigenvalue weighted by Crippen LogP contribution is -2.18. The Morgan fingerprint density at radius 1 is 1.28 bits per heavy atom. The highest BCUT2D eigenvalue weighted by Crippen LogP contribution is 2.33. The van der Waals surface area contributed by atoms with Crippen LogP contribution in [0.2, 0.25) is 5.02 Å². The van der Waals surface area contributed by atoms with Gasteiger partial charge in [0.05, 0.1) is 21.9 Å². The number of nitrogens with two attached hydrogens (primary N) is 1. The molecule has 0 saturated carbocycles. The summed E-state index contributed by atoms with van der Waals surface area (Å²) in [5.41, 5.74) is 5.95. The van der Waals surface area contributed by atoms with Gasteiger partial charge in [-0.2, -0.15) is 13.2 Å². The maximum atomic E-state index is 12.8. The minimum absolute atomic E-state index is 0.0742. The zero-order valence-electron chi connectivity index (χ0n) is 9.06. The number of rotatable bonds is 2. The van der Waals surface area contributed by atoms with Gasteiger partial charge >= 0.3 is 6.18 Å². The van der Waals surface area contributed by atoms with Crippen molar-refractivity contribution in [3.05, 3.63) is 28.9 Å². The van der Waals surface area contributed by atoms with Crippen LogP contribution in [0.4, 0.5) is 23.2 Å². The Balaban J connectivity index is 2.67. The van der Waals surface area contributed by atoms with Crippen LogP contribution in [0.15, 0.2) is 18.2 Å². The Bertz CT molecular complexity index is 589. The van der Waals surface area contributed by atoms with Gasteiger partial charge in [0.2, 0.25) is 0 Å². The van der Waals surface area contributed by atoms with Crippen molar-refractivity contribution < 1.29 is 17.6 Å². The minimum Gasteiger partial charge on any atom is -0.398 e. The first-order valence-electron chi connectivity index (χ1n) is 5.02. The molecule has 2 nitrogen and oxygen atoms in total. The standard InChI is InChI=1S/C11H9ClF4N2/c12-10-7-3-6(4-13)18(5-11(14,15)16)9(7)2-1-8(10)17/h1-3H,4-5,17H2. The summed E-state index contributed by atoms with van der Waals surface area (Å²) < 4.78 is 51.0. The van der Waals surface area contributed by atoms with Gasteiger partial charge in [-0.05, 0) is 18.2 Å². The molecule has 98 valence electrons. The van der Waals surface area contributed by atoms with Gasteiger partial charge in [-0.25, -0.2) is 4.39 Å². The normalized spacial score (nSPS) is 12.3. The smallest absolute Gasteiger partial charge is 0.398 e. The maximum Gasteiger partial charge on any atom is 0.406 e. The second-order valence-corrected chi connectivity index (χ2v) is 4.25. The Labute approximate surface area is 105 Å². The van der Waals surface area contributed by atoms with E-state index in [1.54, 1.807) is 0 Å². The number of hydrogen-bond acceptors (Lipinski definition) is 1. The number of aromatic nitrogens is 1. The van der Waals surface area contributed by atoms with Crippen molar-refractivity contribution in [3.8, 4) is 0 Å². The average Bonchev–Trinajstić information content (AvgIpc) is 2.60. The van der Waals surface area contributed by atoms with Crippen molar-refractivity contribution in [2.75, 3.05) is 5.73 Å². The lowest BCUT2D eigenvalue weighted by molar-refractivity contribution is -0.140. The van der Waals surface area contributed by atoms with Crippen LogP contribution >= 0.6 is 11.6 Å². The molecular formula is C11H9ClF4N2. The third-order valence-electron chi connectivity index (χ3n) is 2.61. The Morgan fingerprint density at radius 2 is 1.94 bits per heavy atom. The van der Waals surface area contributed by atoms with E-state index in [4.69, 9.17) is 17.3 Å². The van der Waals surface area contributed by atoms with Gasteiger partial charge in [0, 0.05) is 5.39 Å². The molecule has 0 aliphatic carbocycles. The lowest BCUT2D eigenvalue weighted by atomic mass is 10.2. The molecule has 2 aromatic rings. The van der Waals surface area contributed by atoms with Crippen molar-refractivity contribution >= 4 is 28.2 Å². The fourth-order valence-corrected chi connectivity index (χ4v) is 2.06. The molecule has 18 heavy (non-hydrogen) atoms. The van der Waals surface area contributed by atoms with Gasteiger partial charge in [0.1, 0.15) is 13.2 Å². The molecular weight excluding hydrogens is 272 g/mol. The number of hydrogen-bond donors (Lipinski definition) is 1. The van der Waals surface area contributed by atoms with Crippen LogP contribution < -0.4 is 5.73 Å². The first kappa shape index (κ1) is 13.0. The molecule has 0 atom stereocenters. The molecule has 0 aliphatic rings. The summed E-state index contributed by atoms with van der Waals surface area (Å²) in [6.07, 6.45) is -4.43. The van der Waals surface area contributed by atoms with Gasteiger partial charge in [0.15, 0.2) is 0 Å². The van der Waals surface area contributed by atoms with E-state index in [9.17, 15) is 17.6 Å². The molecule has 0 radical (unpaired) electrons. The number of benzene rings is 1. The molecule has 7 heteroatoms. The summed E-state index contributed by atoms with van der Waals surface area (Å²) in [6, 6.07) is 4.10. The molecule has 1 heterocycles. The van der Waals surface area contributed by atoms with Crippen LogP contribution in [0.1, 0.15) is 5.69 Å². The highest BCUT2D eigenvalue weighted by atomic mass is 35.5. The number of alkyl halides is 4. The van der Waals surface area contributed by atoms with E-state index in [0.717, 1.165) is 4.57 Å². The summed E-state index contributed by atoms with van der Waals surface area (Å²) in [5, 5.41) is 0.469. The Morgan fingerprint density at radius 3 is 2.50 bits per heavy atom. The van der Waals surface area contributed by atoms with Crippen molar-refractivity contribution in [1.82, 2.24) is 4.57 Å². The van der Waals surface area contributed by atoms with E-state index < -0.39 is 19.4 Å². The van der Waals surface area contributed by atoms with E-state index in [2.05, 4.69) is 0 Å². The van der Waals surface area contributed by atoms with Crippen molar-refractivity contribution in [2.45, 2.75) is 19.4 Å². The zero-order chi connectivity index (χ0) is 13.5. The Kier molecular flexibility index (Phi) is 3.14. The third-order valence-corrected chi connectivity index (χ3v) is 3.03. The molecule has 0 aliphatic heterocycles. The second kappa shape index (κ2) is 4.35. The number of anilines is 1. The largest absolute Gasteiger partial charge is 0.406 e. The second-order valence-electron chi connectivity index (χ2n) is 3.87. The predicted molar refractivity (Wildman–Crippen MR) is 62.2 cm³/mol. The predicted octanol–water partition coefficient (Wildman–Crippen LogP) is 3.91. The molecule has 0 amide bonds. The SMILES string of the molecule is Nc1ccc2c(cc(CF)n2CC(F)(F)F)c1Cl. The molecule has 2 rings (SSSR count). The maximum absolute atomic E-state index is 12.8. The molecule has 1 aromatic heterocycles. The fourth-order valence-electron chi connectivity index (χ4n) is 1.85. The van der Waals surface area contributed by atoms with E-state index in [1.807, 2.05) is 0 Å². The molecule has 0 bridgehead atoms. The number of nitrogens with zero attached hydrogens (tertiary/aromatic N) is 1. The number of nitrogen functional groups attached to an aromatic ring is 1. The topological polar surface area (TPSA) is 30.9 Å². The Hall–Kier alpha value is -1.43. The zero-order valence-corrected chi connectivity index (χ0v) is 9.82.